The molecule has 144 valence electrons. The number of nitrogens with one attached hydrogen (secondary N) is 3. The van der Waals surface area contributed by atoms with Crippen molar-refractivity contribution in [3.05, 3.63) is 59.5 Å². The number of rotatable bonds is 7. The summed E-state index contributed by atoms with van der Waals surface area (Å²) in [5.41, 5.74) is 2.40. The summed E-state index contributed by atoms with van der Waals surface area (Å²) in [4.78, 5) is 25.5. The fourth-order valence-electron chi connectivity index (χ4n) is 3.29. The van der Waals surface area contributed by atoms with E-state index in [1.807, 2.05) is 26.0 Å². The molecule has 1 aliphatic rings. The molecule has 1 unspecified atom stereocenters. The fourth-order valence-corrected chi connectivity index (χ4v) is 3.29. The van der Waals surface area contributed by atoms with Gasteiger partial charge in [-0.05, 0) is 35.6 Å². The van der Waals surface area contributed by atoms with Crippen molar-refractivity contribution in [1.82, 2.24) is 16.0 Å². The van der Waals surface area contributed by atoms with E-state index < -0.39 is 6.04 Å². The predicted molar refractivity (Wildman–Crippen MR) is 103 cm³/mol. The molecule has 3 atom stereocenters. The van der Waals surface area contributed by atoms with E-state index in [4.69, 9.17) is 4.42 Å². The van der Waals surface area contributed by atoms with Crippen molar-refractivity contribution in [3.63, 3.8) is 0 Å². The maximum Gasteiger partial charge on any atom is 0.243 e. The Morgan fingerprint density at radius 1 is 1.22 bits per heavy atom. The molecule has 2 heterocycles. The molecule has 0 bridgehead atoms. The molecule has 0 aliphatic carbocycles. The first-order valence-corrected chi connectivity index (χ1v) is 9.49. The smallest absolute Gasteiger partial charge is 0.243 e. The van der Waals surface area contributed by atoms with Crippen LogP contribution in [0.15, 0.2) is 47.1 Å². The molecule has 0 spiro atoms. The molecule has 6 nitrogen and oxygen atoms in total. The Morgan fingerprint density at radius 2 is 2.00 bits per heavy atom. The van der Waals surface area contributed by atoms with E-state index in [0.717, 1.165) is 6.42 Å². The molecular formula is C21H27N3O3. The Hall–Kier alpha value is -2.60. The number of fused-ring (bicyclic) bond motifs is 1. The van der Waals surface area contributed by atoms with E-state index >= 15 is 0 Å². The van der Waals surface area contributed by atoms with Crippen LogP contribution >= 0.6 is 0 Å². The van der Waals surface area contributed by atoms with Gasteiger partial charge in [0.2, 0.25) is 11.8 Å². The summed E-state index contributed by atoms with van der Waals surface area (Å²) in [7, 11) is 0. The highest BCUT2D eigenvalue weighted by molar-refractivity contribution is 5.90. The molecule has 0 saturated carbocycles. The molecule has 1 aromatic carbocycles. The average molecular weight is 369 g/mol. The van der Waals surface area contributed by atoms with E-state index in [1.54, 1.807) is 18.4 Å². The van der Waals surface area contributed by atoms with Gasteiger partial charge in [-0.2, -0.15) is 0 Å². The highest BCUT2D eigenvalue weighted by Crippen LogP contribution is 2.17. The van der Waals surface area contributed by atoms with E-state index in [1.165, 1.54) is 11.1 Å². The lowest BCUT2D eigenvalue weighted by molar-refractivity contribution is -0.131. The fraction of sp³-hybridized carbons (Fsp3) is 0.429. The van der Waals surface area contributed by atoms with Crippen molar-refractivity contribution in [2.45, 2.75) is 51.9 Å². The van der Waals surface area contributed by atoms with Gasteiger partial charge in [-0.3, -0.25) is 9.59 Å². The first-order valence-electron chi connectivity index (χ1n) is 9.49. The van der Waals surface area contributed by atoms with E-state index in [2.05, 4.69) is 28.1 Å². The molecule has 3 N–H and O–H groups in total. The average Bonchev–Trinajstić information content (AvgIpc) is 3.22. The molecule has 0 saturated heterocycles. The van der Waals surface area contributed by atoms with E-state index in [-0.39, 0.29) is 23.8 Å². The van der Waals surface area contributed by atoms with Crippen molar-refractivity contribution in [2.75, 3.05) is 0 Å². The Kier molecular flexibility index (Phi) is 6.29. The minimum atomic E-state index is -0.573. The summed E-state index contributed by atoms with van der Waals surface area (Å²) in [5.74, 6) is 0.387. The van der Waals surface area contributed by atoms with Crippen LogP contribution in [-0.2, 0) is 29.1 Å². The highest BCUT2D eigenvalue weighted by atomic mass is 16.3. The van der Waals surface area contributed by atoms with Gasteiger partial charge in [0, 0.05) is 6.54 Å². The number of furan rings is 1. The van der Waals surface area contributed by atoms with Crippen LogP contribution in [-0.4, -0.2) is 23.9 Å². The molecule has 0 radical (unpaired) electrons. The third-order valence-corrected chi connectivity index (χ3v) is 5.21. The van der Waals surface area contributed by atoms with Crippen molar-refractivity contribution in [1.29, 1.82) is 0 Å². The van der Waals surface area contributed by atoms with Gasteiger partial charge in [0.15, 0.2) is 0 Å². The number of hydrogen-bond donors (Lipinski definition) is 3. The first-order chi connectivity index (χ1) is 13.1. The quantitative estimate of drug-likeness (QED) is 0.698. The summed E-state index contributed by atoms with van der Waals surface area (Å²) in [6, 6.07) is 10.8. The highest BCUT2D eigenvalue weighted by Gasteiger charge is 2.30. The maximum absolute atomic E-state index is 12.8. The topological polar surface area (TPSA) is 83.4 Å². The van der Waals surface area contributed by atoms with Gasteiger partial charge < -0.3 is 20.4 Å². The Morgan fingerprint density at radius 3 is 2.70 bits per heavy atom. The second-order valence-corrected chi connectivity index (χ2v) is 7.08. The maximum atomic E-state index is 12.8. The SMILES string of the molecule is CCC(C)[C@H](NC(=O)[C@@H]1Cc2ccccc2CN1)C(=O)NCc1ccco1. The molecular weight excluding hydrogens is 342 g/mol. The van der Waals surface area contributed by atoms with Gasteiger partial charge in [0.05, 0.1) is 18.8 Å². The van der Waals surface area contributed by atoms with Gasteiger partial charge >= 0.3 is 0 Å². The lowest BCUT2D eigenvalue weighted by atomic mass is 9.94. The summed E-state index contributed by atoms with van der Waals surface area (Å²) < 4.78 is 5.25. The molecule has 2 amide bonds. The third-order valence-electron chi connectivity index (χ3n) is 5.21. The lowest BCUT2D eigenvalue weighted by Gasteiger charge is -2.29. The summed E-state index contributed by atoms with van der Waals surface area (Å²) in [6.07, 6.45) is 2.99. The molecule has 1 aromatic heterocycles. The van der Waals surface area contributed by atoms with Crippen LogP contribution < -0.4 is 16.0 Å². The third kappa shape index (κ3) is 4.77. The van der Waals surface area contributed by atoms with Crippen molar-refractivity contribution in [2.24, 2.45) is 5.92 Å². The second-order valence-electron chi connectivity index (χ2n) is 7.08. The van der Waals surface area contributed by atoms with Crippen molar-refractivity contribution in [3.8, 4) is 0 Å². The second kappa shape index (κ2) is 8.86. The largest absolute Gasteiger partial charge is 0.467 e. The Balaban J connectivity index is 1.62. The van der Waals surface area contributed by atoms with Gasteiger partial charge in [-0.1, -0.05) is 44.5 Å². The number of benzene rings is 1. The number of carbonyl (C=O) groups is 2. The van der Waals surface area contributed by atoms with Crippen molar-refractivity contribution < 1.29 is 14.0 Å². The summed E-state index contributed by atoms with van der Waals surface area (Å²) in [6.45, 7) is 4.95. The van der Waals surface area contributed by atoms with Gasteiger partial charge in [0.1, 0.15) is 11.8 Å². The number of hydrogen-bond acceptors (Lipinski definition) is 4. The van der Waals surface area contributed by atoms with Crippen molar-refractivity contribution >= 4 is 11.8 Å². The zero-order valence-electron chi connectivity index (χ0n) is 15.8. The van der Waals surface area contributed by atoms with E-state index in [9.17, 15) is 9.59 Å². The Bertz CT molecular complexity index is 773. The molecule has 0 fully saturated rings. The van der Waals surface area contributed by atoms with Crippen LogP contribution in [0.4, 0.5) is 0 Å². The molecule has 1 aliphatic heterocycles. The normalized spacial score (nSPS) is 18.2. The Labute approximate surface area is 159 Å². The number of carbonyl (C=O) groups excluding carboxylic acids is 2. The lowest BCUT2D eigenvalue weighted by Crippen LogP contribution is -2.56. The predicted octanol–water partition coefficient (Wildman–Crippen LogP) is 2.14. The van der Waals surface area contributed by atoms with Gasteiger partial charge in [0.25, 0.3) is 0 Å². The molecule has 6 heteroatoms. The van der Waals surface area contributed by atoms with Crippen LogP contribution in [0.2, 0.25) is 0 Å². The zero-order valence-corrected chi connectivity index (χ0v) is 15.8. The van der Waals surface area contributed by atoms with Crippen LogP contribution in [0.3, 0.4) is 0 Å². The summed E-state index contributed by atoms with van der Waals surface area (Å²) >= 11 is 0. The van der Waals surface area contributed by atoms with Gasteiger partial charge in [-0.25, -0.2) is 0 Å². The van der Waals surface area contributed by atoms with Crippen LogP contribution in [0.5, 0.6) is 0 Å². The summed E-state index contributed by atoms with van der Waals surface area (Å²) in [5, 5.41) is 9.08. The molecule has 3 rings (SSSR count). The number of amides is 2. The zero-order chi connectivity index (χ0) is 19.2. The minimum Gasteiger partial charge on any atom is -0.467 e. The monoisotopic (exact) mass is 369 g/mol. The molecule has 2 aromatic rings. The van der Waals surface area contributed by atoms with E-state index in [0.29, 0.717) is 25.3 Å². The molecule has 27 heavy (non-hydrogen) atoms. The van der Waals surface area contributed by atoms with Crippen LogP contribution in [0, 0.1) is 5.92 Å². The van der Waals surface area contributed by atoms with Gasteiger partial charge in [-0.15, -0.1) is 0 Å². The van der Waals surface area contributed by atoms with Crippen LogP contribution in [0.1, 0.15) is 37.2 Å². The van der Waals surface area contributed by atoms with Crippen LogP contribution in [0.25, 0.3) is 0 Å². The standard InChI is InChI=1S/C21H27N3O3/c1-3-14(2)19(21(26)23-13-17-9-6-10-27-17)24-20(25)18-11-15-7-4-5-8-16(15)12-22-18/h4-10,14,18-19,22H,3,11-13H2,1-2H3,(H,23,26)(H,24,25)/t14?,18-,19-/m0/s1. The minimum absolute atomic E-state index is 0.0291. The first kappa shape index (κ1) is 19.2.